The van der Waals surface area contributed by atoms with Crippen LogP contribution in [0.15, 0.2) is 10.5 Å². The van der Waals surface area contributed by atoms with Gasteiger partial charge >= 0.3 is 0 Å². The highest BCUT2D eigenvalue weighted by molar-refractivity contribution is 9.10. The minimum Gasteiger partial charge on any atom is -0.486 e. The molecule has 0 unspecified atom stereocenters. The fourth-order valence-corrected chi connectivity index (χ4v) is 3.93. The molecule has 3 rings (SSSR count). The van der Waals surface area contributed by atoms with Crippen molar-refractivity contribution in [3.63, 3.8) is 0 Å². The number of fused-ring (bicyclic) bond motifs is 3. The summed E-state index contributed by atoms with van der Waals surface area (Å²) in [6.45, 7) is 1.23. The molecule has 0 saturated heterocycles. The van der Waals surface area contributed by atoms with E-state index in [4.69, 9.17) is 15.2 Å². The molecule has 0 aromatic heterocycles. The molecule has 3 nitrogen and oxygen atoms in total. The summed E-state index contributed by atoms with van der Waals surface area (Å²) in [5, 5.41) is 0. The van der Waals surface area contributed by atoms with E-state index in [0.717, 1.165) is 33.0 Å². The Morgan fingerprint density at radius 3 is 3.06 bits per heavy atom. The summed E-state index contributed by atoms with van der Waals surface area (Å²) in [6, 6.07) is 2.04. The number of ether oxygens (including phenoxy) is 2. The molecule has 2 aliphatic rings. The minimum atomic E-state index is 0.0432. The third kappa shape index (κ3) is 1.61. The molecule has 0 aliphatic carbocycles. The molecule has 1 aromatic carbocycles. The summed E-state index contributed by atoms with van der Waals surface area (Å²) < 4.78 is 12.4. The van der Waals surface area contributed by atoms with Gasteiger partial charge in [-0.15, -0.1) is 0 Å². The van der Waals surface area contributed by atoms with Crippen molar-refractivity contribution < 1.29 is 9.47 Å². The Morgan fingerprint density at radius 2 is 2.19 bits per heavy atom. The van der Waals surface area contributed by atoms with E-state index in [0.29, 0.717) is 13.2 Å². The highest BCUT2D eigenvalue weighted by Gasteiger charge is 2.28. The lowest BCUT2D eigenvalue weighted by Gasteiger charge is -2.29. The molecule has 0 spiro atoms. The largest absolute Gasteiger partial charge is 0.486 e. The Hall–Kier alpha value is -0.390. The molecule has 86 valence electrons. The van der Waals surface area contributed by atoms with Crippen molar-refractivity contribution in [2.75, 3.05) is 19.0 Å². The summed E-state index contributed by atoms with van der Waals surface area (Å²) >= 11 is 5.44. The van der Waals surface area contributed by atoms with Crippen molar-refractivity contribution in [3.8, 4) is 11.5 Å². The Morgan fingerprint density at radius 1 is 1.38 bits per heavy atom. The summed E-state index contributed by atoms with van der Waals surface area (Å²) in [4.78, 5) is 0. The fraction of sp³-hybridized carbons (Fsp3) is 0.455. The maximum atomic E-state index is 6.16. The molecule has 0 saturated carbocycles. The monoisotopic (exact) mass is 301 g/mol. The maximum absolute atomic E-state index is 6.16. The SMILES string of the molecule is N[C@@H]1CSCc2c(Br)cc3c(c21)OCCO3. The summed E-state index contributed by atoms with van der Waals surface area (Å²) in [6.07, 6.45) is 0. The highest BCUT2D eigenvalue weighted by Crippen LogP contribution is 2.46. The van der Waals surface area contributed by atoms with Crippen molar-refractivity contribution in [1.82, 2.24) is 0 Å². The maximum Gasteiger partial charge on any atom is 0.166 e. The topological polar surface area (TPSA) is 44.5 Å². The Balaban J connectivity index is 2.21. The molecule has 1 atom stereocenters. The molecule has 0 amide bonds. The first kappa shape index (κ1) is 10.7. The van der Waals surface area contributed by atoms with Crippen LogP contribution in [0.3, 0.4) is 0 Å². The van der Waals surface area contributed by atoms with Crippen molar-refractivity contribution in [2.45, 2.75) is 11.8 Å². The predicted molar refractivity (Wildman–Crippen MR) is 68.2 cm³/mol. The van der Waals surface area contributed by atoms with E-state index >= 15 is 0 Å². The van der Waals surface area contributed by atoms with E-state index in [-0.39, 0.29) is 6.04 Å². The third-order valence-corrected chi connectivity index (χ3v) is 4.64. The van der Waals surface area contributed by atoms with Crippen LogP contribution in [0.4, 0.5) is 0 Å². The molecule has 2 aliphatic heterocycles. The van der Waals surface area contributed by atoms with Gasteiger partial charge in [0.05, 0.1) is 0 Å². The average Bonchev–Trinajstić information content (AvgIpc) is 2.30. The van der Waals surface area contributed by atoms with Crippen LogP contribution in [0, 0.1) is 0 Å². The lowest BCUT2D eigenvalue weighted by Crippen LogP contribution is -2.24. The number of nitrogens with two attached hydrogens (primary N) is 1. The van der Waals surface area contributed by atoms with Crippen molar-refractivity contribution >= 4 is 27.7 Å². The van der Waals surface area contributed by atoms with Gasteiger partial charge in [0, 0.05) is 27.6 Å². The standard InChI is InChI=1S/C11H12BrNO2S/c12-7-3-9-11(15-2-1-14-9)10-6(7)4-16-5-8(10)13/h3,8H,1-2,4-5,13H2/t8-/m1/s1. The lowest BCUT2D eigenvalue weighted by atomic mass is 10.00. The van der Waals surface area contributed by atoms with Crippen LogP contribution in [0.1, 0.15) is 17.2 Å². The van der Waals surface area contributed by atoms with Gasteiger partial charge in [0.1, 0.15) is 13.2 Å². The first-order chi connectivity index (χ1) is 7.77. The van der Waals surface area contributed by atoms with E-state index in [1.54, 1.807) is 0 Å². The van der Waals surface area contributed by atoms with Crippen LogP contribution >= 0.6 is 27.7 Å². The van der Waals surface area contributed by atoms with Gasteiger partial charge in [-0.1, -0.05) is 15.9 Å². The molecule has 2 heterocycles. The highest BCUT2D eigenvalue weighted by atomic mass is 79.9. The van der Waals surface area contributed by atoms with Gasteiger partial charge < -0.3 is 15.2 Å². The van der Waals surface area contributed by atoms with Gasteiger partial charge in [0.25, 0.3) is 0 Å². The second-order valence-corrected chi connectivity index (χ2v) is 5.78. The Kier molecular flexibility index (Phi) is 2.77. The molecular weight excluding hydrogens is 290 g/mol. The van der Waals surface area contributed by atoms with Crippen LogP contribution in [-0.2, 0) is 5.75 Å². The zero-order valence-corrected chi connectivity index (χ0v) is 11.1. The third-order valence-electron chi connectivity index (χ3n) is 2.84. The molecular formula is C11H12BrNO2S. The van der Waals surface area contributed by atoms with Gasteiger partial charge in [-0.2, -0.15) is 11.8 Å². The van der Waals surface area contributed by atoms with Crippen LogP contribution in [-0.4, -0.2) is 19.0 Å². The molecule has 2 N–H and O–H groups in total. The summed E-state index contributed by atoms with van der Waals surface area (Å²) in [5.74, 6) is 3.61. The Labute approximate surface area is 107 Å². The van der Waals surface area contributed by atoms with E-state index in [9.17, 15) is 0 Å². The molecule has 0 bridgehead atoms. The average molecular weight is 302 g/mol. The zero-order valence-electron chi connectivity index (χ0n) is 8.66. The normalized spacial score (nSPS) is 22.8. The fourth-order valence-electron chi connectivity index (χ4n) is 2.13. The van der Waals surface area contributed by atoms with Crippen LogP contribution in [0.2, 0.25) is 0 Å². The quantitative estimate of drug-likeness (QED) is 0.799. The van der Waals surface area contributed by atoms with Gasteiger partial charge in [-0.25, -0.2) is 0 Å². The number of benzene rings is 1. The van der Waals surface area contributed by atoms with Crippen LogP contribution in [0.5, 0.6) is 11.5 Å². The smallest absolute Gasteiger partial charge is 0.166 e. The van der Waals surface area contributed by atoms with E-state index in [1.165, 1.54) is 5.56 Å². The first-order valence-corrected chi connectivity index (χ1v) is 7.16. The van der Waals surface area contributed by atoms with Crippen molar-refractivity contribution in [2.24, 2.45) is 5.73 Å². The summed E-state index contributed by atoms with van der Waals surface area (Å²) in [7, 11) is 0. The first-order valence-electron chi connectivity index (χ1n) is 5.21. The molecule has 0 radical (unpaired) electrons. The van der Waals surface area contributed by atoms with Crippen LogP contribution in [0.25, 0.3) is 0 Å². The molecule has 16 heavy (non-hydrogen) atoms. The molecule has 0 fully saturated rings. The van der Waals surface area contributed by atoms with Crippen molar-refractivity contribution in [3.05, 3.63) is 21.7 Å². The van der Waals surface area contributed by atoms with Gasteiger partial charge in [-0.3, -0.25) is 0 Å². The number of rotatable bonds is 0. The van der Waals surface area contributed by atoms with Gasteiger partial charge in [0.2, 0.25) is 0 Å². The minimum absolute atomic E-state index is 0.0432. The van der Waals surface area contributed by atoms with E-state index < -0.39 is 0 Å². The van der Waals surface area contributed by atoms with E-state index in [2.05, 4.69) is 15.9 Å². The number of hydrogen-bond donors (Lipinski definition) is 1. The predicted octanol–water partition coefficient (Wildman–Crippen LogP) is 2.47. The number of thioether (sulfide) groups is 1. The lowest BCUT2D eigenvalue weighted by molar-refractivity contribution is 0.169. The zero-order chi connectivity index (χ0) is 11.1. The molecule has 5 heteroatoms. The van der Waals surface area contributed by atoms with Gasteiger partial charge in [0.15, 0.2) is 11.5 Å². The number of halogens is 1. The van der Waals surface area contributed by atoms with E-state index in [1.807, 2.05) is 17.8 Å². The second kappa shape index (κ2) is 4.13. The molecule has 1 aromatic rings. The number of hydrogen-bond acceptors (Lipinski definition) is 4. The second-order valence-electron chi connectivity index (χ2n) is 3.90. The Bertz CT molecular complexity index is 438. The van der Waals surface area contributed by atoms with Crippen molar-refractivity contribution in [1.29, 1.82) is 0 Å². The summed E-state index contributed by atoms with van der Waals surface area (Å²) in [5.41, 5.74) is 8.55. The van der Waals surface area contributed by atoms with Crippen LogP contribution < -0.4 is 15.2 Å². The van der Waals surface area contributed by atoms with Gasteiger partial charge in [-0.05, 0) is 11.6 Å².